The summed E-state index contributed by atoms with van der Waals surface area (Å²) in [5, 5.41) is 0. The quantitative estimate of drug-likeness (QED) is 0.864. The van der Waals surface area contributed by atoms with Gasteiger partial charge in [-0.05, 0) is 25.5 Å². The number of benzene rings is 1. The van der Waals surface area contributed by atoms with Crippen LogP contribution in [-0.2, 0) is 17.8 Å². The Morgan fingerprint density at radius 2 is 2.20 bits per heavy atom. The first-order valence-electron chi connectivity index (χ1n) is 7.09. The summed E-state index contributed by atoms with van der Waals surface area (Å²) < 4.78 is 2.12. The van der Waals surface area contributed by atoms with E-state index >= 15 is 0 Å². The summed E-state index contributed by atoms with van der Waals surface area (Å²) in [5.41, 5.74) is 7.86. The highest BCUT2D eigenvalue weighted by Crippen LogP contribution is 2.21. The highest BCUT2D eigenvalue weighted by molar-refractivity contribution is 5.86. The molecular formula is C16H19N3O. The maximum Gasteiger partial charge on any atom is 0.147 e. The third-order valence-electron chi connectivity index (χ3n) is 3.91. The lowest BCUT2D eigenvalue weighted by Gasteiger charge is -2.09. The van der Waals surface area contributed by atoms with Gasteiger partial charge in [-0.2, -0.15) is 0 Å². The predicted molar refractivity (Wildman–Crippen MR) is 79.3 cm³/mol. The molecule has 0 aliphatic heterocycles. The lowest BCUT2D eigenvalue weighted by atomic mass is 10.00. The van der Waals surface area contributed by atoms with Crippen molar-refractivity contribution in [3.05, 3.63) is 42.2 Å². The molecule has 1 aliphatic rings. The summed E-state index contributed by atoms with van der Waals surface area (Å²) in [6.45, 7) is 2.90. The second-order valence-electron chi connectivity index (χ2n) is 5.30. The van der Waals surface area contributed by atoms with Gasteiger partial charge >= 0.3 is 0 Å². The fourth-order valence-electron chi connectivity index (χ4n) is 2.87. The van der Waals surface area contributed by atoms with E-state index in [0.717, 1.165) is 29.8 Å². The molecule has 0 bridgehead atoms. The van der Waals surface area contributed by atoms with E-state index in [0.29, 0.717) is 6.42 Å². The molecular weight excluding hydrogens is 250 g/mol. The Balaban J connectivity index is 1.87. The number of allylic oxidation sites excluding steroid dienone is 1. The number of carbonyl (C=O) groups is 1. The molecule has 1 heterocycles. The number of para-hydroxylation sites is 2. The van der Waals surface area contributed by atoms with Crippen LogP contribution in [0, 0.1) is 5.92 Å². The van der Waals surface area contributed by atoms with Crippen LogP contribution in [0.4, 0.5) is 0 Å². The lowest BCUT2D eigenvalue weighted by Crippen LogP contribution is -2.21. The van der Waals surface area contributed by atoms with Gasteiger partial charge in [0.05, 0.1) is 17.5 Å². The Bertz CT molecular complexity index is 671. The van der Waals surface area contributed by atoms with E-state index in [-0.39, 0.29) is 17.7 Å². The van der Waals surface area contributed by atoms with E-state index in [9.17, 15) is 4.79 Å². The number of hydrogen-bond donors (Lipinski definition) is 1. The first kappa shape index (κ1) is 13.1. The average Bonchev–Trinajstić information content (AvgIpc) is 3.01. The molecule has 1 aromatic heterocycles. The van der Waals surface area contributed by atoms with Gasteiger partial charge in [0.25, 0.3) is 0 Å². The minimum absolute atomic E-state index is 0.0222. The minimum atomic E-state index is -0.0462. The van der Waals surface area contributed by atoms with Crippen LogP contribution in [0.5, 0.6) is 0 Å². The van der Waals surface area contributed by atoms with E-state index in [4.69, 9.17) is 5.73 Å². The van der Waals surface area contributed by atoms with Gasteiger partial charge in [-0.15, -0.1) is 0 Å². The molecule has 2 aromatic rings. The third-order valence-corrected chi connectivity index (χ3v) is 3.91. The van der Waals surface area contributed by atoms with E-state index < -0.39 is 0 Å². The average molecular weight is 269 g/mol. The zero-order valence-electron chi connectivity index (χ0n) is 11.6. The maximum atomic E-state index is 12.3. The molecule has 0 fully saturated rings. The zero-order chi connectivity index (χ0) is 14.1. The number of fused-ring (bicyclic) bond motifs is 1. The number of aryl methyl sites for hydroxylation is 1. The number of nitrogens with two attached hydrogens (primary N) is 1. The van der Waals surface area contributed by atoms with Crippen LogP contribution in [0.25, 0.3) is 11.0 Å². The van der Waals surface area contributed by atoms with Gasteiger partial charge in [0.15, 0.2) is 0 Å². The van der Waals surface area contributed by atoms with E-state index in [1.54, 1.807) is 0 Å². The molecule has 104 valence electrons. The summed E-state index contributed by atoms with van der Waals surface area (Å²) in [6.07, 6.45) is 4.97. The molecule has 0 saturated carbocycles. The van der Waals surface area contributed by atoms with Crippen LogP contribution in [-0.4, -0.2) is 21.4 Å². The van der Waals surface area contributed by atoms with Crippen molar-refractivity contribution in [2.24, 2.45) is 11.7 Å². The highest BCUT2D eigenvalue weighted by Gasteiger charge is 2.24. The Hall–Kier alpha value is -1.94. The summed E-state index contributed by atoms with van der Waals surface area (Å²) in [4.78, 5) is 16.9. The molecule has 4 nitrogen and oxygen atoms in total. The van der Waals surface area contributed by atoms with Crippen molar-refractivity contribution in [3.8, 4) is 0 Å². The Morgan fingerprint density at radius 3 is 2.90 bits per heavy atom. The van der Waals surface area contributed by atoms with Gasteiger partial charge in [0.2, 0.25) is 0 Å². The predicted octanol–water partition coefficient (Wildman–Crippen LogP) is 2.07. The summed E-state index contributed by atoms with van der Waals surface area (Å²) in [6, 6.07) is 8.03. The molecule has 0 radical (unpaired) electrons. The molecule has 0 saturated heterocycles. The lowest BCUT2D eigenvalue weighted by molar-refractivity contribution is -0.121. The SMILES string of the molecule is CCn1c(CC(=O)C2C=CC(N)C2)nc2ccccc21. The topological polar surface area (TPSA) is 60.9 Å². The smallest absolute Gasteiger partial charge is 0.147 e. The monoisotopic (exact) mass is 269 g/mol. The van der Waals surface area contributed by atoms with Gasteiger partial charge in [-0.3, -0.25) is 4.79 Å². The zero-order valence-corrected chi connectivity index (χ0v) is 11.6. The molecule has 1 aromatic carbocycles. The fraction of sp³-hybridized carbons (Fsp3) is 0.375. The number of carbonyl (C=O) groups excluding carboxylic acids is 1. The number of Topliss-reactive ketones (excluding diaryl/α,β-unsaturated/α-hetero) is 1. The van der Waals surface area contributed by atoms with Crippen molar-refractivity contribution >= 4 is 16.8 Å². The van der Waals surface area contributed by atoms with Crippen molar-refractivity contribution < 1.29 is 4.79 Å². The van der Waals surface area contributed by atoms with Gasteiger partial charge < -0.3 is 10.3 Å². The first-order valence-corrected chi connectivity index (χ1v) is 7.09. The standard InChI is InChI=1S/C16H19N3O/c1-2-19-14-6-4-3-5-13(14)18-16(19)10-15(20)11-7-8-12(17)9-11/h3-8,11-12H,2,9-10,17H2,1H3. The molecule has 2 atom stereocenters. The molecule has 0 spiro atoms. The van der Waals surface area contributed by atoms with Crippen LogP contribution in [0.2, 0.25) is 0 Å². The van der Waals surface area contributed by atoms with Crippen LogP contribution in [0.1, 0.15) is 19.2 Å². The Morgan fingerprint density at radius 1 is 1.40 bits per heavy atom. The van der Waals surface area contributed by atoms with Crippen molar-refractivity contribution in [3.63, 3.8) is 0 Å². The molecule has 2 N–H and O–H groups in total. The largest absolute Gasteiger partial charge is 0.328 e. The Kier molecular flexibility index (Phi) is 3.40. The van der Waals surface area contributed by atoms with E-state index in [1.807, 2.05) is 36.4 Å². The number of hydrogen-bond acceptors (Lipinski definition) is 3. The molecule has 0 amide bonds. The number of aromatic nitrogens is 2. The van der Waals surface area contributed by atoms with Crippen LogP contribution in [0.15, 0.2) is 36.4 Å². The van der Waals surface area contributed by atoms with E-state index in [1.165, 1.54) is 0 Å². The van der Waals surface area contributed by atoms with Crippen LogP contribution < -0.4 is 5.73 Å². The summed E-state index contributed by atoms with van der Waals surface area (Å²) in [7, 11) is 0. The number of imidazole rings is 1. The van der Waals surface area contributed by atoms with Gasteiger partial charge in [0.1, 0.15) is 11.6 Å². The van der Waals surface area contributed by atoms with Gasteiger partial charge in [0, 0.05) is 18.5 Å². The van der Waals surface area contributed by atoms with Crippen LogP contribution in [0.3, 0.4) is 0 Å². The molecule has 1 aliphatic carbocycles. The summed E-state index contributed by atoms with van der Waals surface area (Å²) in [5.74, 6) is 1.02. The molecule has 4 heteroatoms. The second kappa shape index (κ2) is 5.21. The third kappa shape index (κ3) is 2.27. The first-order chi connectivity index (χ1) is 9.69. The molecule has 20 heavy (non-hydrogen) atoms. The van der Waals surface area contributed by atoms with Gasteiger partial charge in [-0.1, -0.05) is 24.3 Å². The number of nitrogens with zero attached hydrogens (tertiary/aromatic N) is 2. The molecule has 2 unspecified atom stereocenters. The minimum Gasteiger partial charge on any atom is -0.328 e. The van der Waals surface area contributed by atoms with Crippen molar-refractivity contribution in [1.82, 2.24) is 9.55 Å². The van der Waals surface area contributed by atoms with Crippen LogP contribution >= 0.6 is 0 Å². The highest BCUT2D eigenvalue weighted by atomic mass is 16.1. The Labute approximate surface area is 118 Å². The van der Waals surface area contributed by atoms with Crippen molar-refractivity contribution in [2.45, 2.75) is 32.4 Å². The van der Waals surface area contributed by atoms with Crippen molar-refractivity contribution in [2.75, 3.05) is 0 Å². The van der Waals surface area contributed by atoms with Crippen molar-refractivity contribution in [1.29, 1.82) is 0 Å². The number of rotatable bonds is 4. The summed E-state index contributed by atoms with van der Waals surface area (Å²) >= 11 is 0. The van der Waals surface area contributed by atoms with E-state index in [2.05, 4.69) is 16.5 Å². The number of ketones is 1. The molecule has 3 rings (SSSR count). The maximum absolute atomic E-state index is 12.3. The van der Waals surface area contributed by atoms with Gasteiger partial charge in [-0.25, -0.2) is 4.98 Å². The fourth-order valence-corrected chi connectivity index (χ4v) is 2.87. The second-order valence-corrected chi connectivity index (χ2v) is 5.30. The normalized spacial score (nSPS) is 21.7.